The van der Waals surface area contributed by atoms with Crippen molar-refractivity contribution in [2.75, 3.05) is 19.6 Å². The summed E-state index contributed by atoms with van der Waals surface area (Å²) in [4.78, 5) is 37.7. The monoisotopic (exact) mass is 511 g/mol. The Bertz CT molecular complexity index is 1120. The van der Waals surface area contributed by atoms with E-state index in [1.54, 1.807) is 11.2 Å². The summed E-state index contributed by atoms with van der Waals surface area (Å²) in [6.07, 6.45) is 10.5. The van der Waals surface area contributed by atoms with Gasteiger partial charge in [0.05, 0.1) is 11.9 Å². The second-order valence-corrected chi connectivity index (χ2v) is 13.0. The van der Waals surface area contributed by atoms with E-state index >= 15 is 0 Å². The summed E-state index contributed by atoms with van der Waals surface area (Å²) in [6, 6.07) is 3.43. The summed E-state index contributed by atoms with van der Waals surface area (Å²) in [5.74, 6) is 1.41. The van der Waals surface area contributed by atoms with E-state index in [1.807, 2.05) is 6.07 Å². The number of nitrogens with zero attached hydrogens (tertiary/aromatic N) is 1. The molecular formula is C29H41N3O5. The lowest BCUT2D eigenvalue weighted by Gasteiger charge is -2.63. The molecule has 1 aliphatic heterocycles. The zero-order valence-corrected chi connectivity index (χ0v) is 22.1. The molecule has 0 radical (unpaired) electrons. The van der Waals surface area contributed by atoms with Crippen LogP contribution < -0.4 is 16.3 Å². The first kappa shape index (κ1) is 25.0. The molecule has 8 atom stereocenters. The Morgan fingerprint density at radius 1 is 1.08 bits per heavy atom. The molecule has 0 spiro atoms. The fraction of sp³-hybridized carbons (Fsp3) is 0.759. The van der Waals surface area contributed by atoms with Gasteiger partial charge in [0, 0.05) is 30.6 Å². The fourth-order valence-corrected chi connectivity index (χ4v) is 9.54. The Balaban J connectivity index is 1.16. The number of hydrogen-bond acceptors (Lipinski definition) is 5. The summed E-state index contributed by atoms with van der Waals surface area (Å²) in [7, 11) is 0. The van der Waals surface area contributed by atoms with Gasteiger partial charge in [-0.1, -0.05) is 13.8 Å². The lowest BCUT2D eigenvalue weighted by molar-refractivity contribution is -0.201. The minimum Gasteiger partial charge on any atom is -0.431 e. The molecule has 1 aromatic heterocycles. The van der Waals surface area contributed by atoms with Gasteiger partial charge >= 0.3 is 11.7 Å². The molecule has 1 saturated heterocycles. The van der Waals surface area contributed by atoms with E-state index in [4.69, 9.17) is 4.42 Å². The lowest BCUT2D eigenvalue weighted by Crippen LogP contribution is -2.62. The molecule has 0 aromatic carbocycles. The van der Waals surface area contributed by atoms with Crippen molar-refractivity contribution in [3.63, 3.8) is 0 Å². The normalized spacial score (nSPS) is 43.3. The molecule has 8 nitrogen and oxygen atoms in total. The van der Waals surface area contributed by atoms with E-state index in [9.17, 15) is 19.5 Å². The highest BCUT2D eigenvalue weighted by Crippen LogP contribution is 2.70. The van der Waals surface area contributed by atoms with Crippen LogP contribution in [0.15, 0.2) is 27.6 Å². The van der Waals surface area contributed by atoms with Crippen LogP contribution in [0.3, 0.4) is 0 Å². The predicted molar refractivity (Wildman–Crippen MR) is 138 cm³/mol. The number of nitrogens with one attached hydrogen (secondary N) is 2. The number of fused-ring (bicyclic) bond motifs is 5. The van der Waals surface area contributed by atoms with Gasteiger partial charge in [-0.15, -0.1) is 0 Å². The highest BCUT2D eigenvalue weighted by molar-refractivity contribution is 5.85. The molecule has 0 bridgehead atoms. The van der Waals surface area contributed by atoms with Gasteiger partial charge in [0.1, 0.15) is 6.54 Å². The van der Waals surface area contributed by atoms with E-state index in [0.29, 0.717) is 24.9 Å². The van der Waals surface area contributed by atoms with Gasteiger partial charge < -0.3 is 25.1 Å². The molecule has 4 saturated carbocycles. The summed E-state index contributed by atoms with van der Waals surface area (Å²) < 4.78 is 5.21. The van der Waals surface area contributed by atoms with Crippen LogP contribution in [0, 0.1) is 28.6 Å². The van der Waals surface area contributed by atoms with Crippen molar-refractivity contribution in [2.45, 2.75) is 89.2 Å². The molecule has 5 fully saturated rings. The molecule has 202 valence electrons. The van der Waals surface area contributed by atoms with E-state index in [2.05, 4.69) is 24.5 Å². The van der Waals surface area contributed by atoms with Crippen LogP contribution in [-0.4, -0.2) is 53.2 Å². The molecule has 37 heavy (non-hydrogen) atoms. The third kappa shape index (κ3) is 3.84. The van der Waals surface area contributed by atoms with Crippen molar-refractivity contribution in [1.82, 2.24) is 15.5 Å². The smallest absolute Gasteiger partial charge is 0.335 e. The quantitative estimate of drug-likeness (QED) is 0.564. The van der Waals surface area contributed by atoms with Crippen molar-refractivity contribution in [1.29, 1.82) is 0 Å². The number of carbonyl (C=O) groups is 2. The second kappa shape index (κ2) is 8.85. The third-order valence-corrected chi connectivity index (χ3v) is 11.6. The number of amides is 3. The van der Waals surface area contributed by atoms with Crippen molar-refractivity contribution < 1.29 is 19.1 Å². The number of hydrogen-bond donors (Lipinski definition) is 3. The van der Waals surface area contributed by atoms with E-state index in [0.717, 1.165) is 63.4 Å². The second-order valence-electron chi connectivity index (χ2n) is 13.0. The van der Waals surface area contributed by atoms with Gasteiger partial charge in [0.2, 0.25) is 5.91 Å². The number of urea groups is 1. The number of rotatable bonds is 2. The molecule has 2 heterocycles. The first-order chi connectivity index (χ1) is 17.6. The highest BCUT2D eigenvalue weighted by atomic mass is 16.4. The van der Waals surface area contributed by atoms with Gasteiger partial charge in [-0.3, -0.25) is 4.79 Å². The lowest BCUT2D eigenvalue weighted by atomic mass is 9.43. The first-order valence-electron chi connectivity index (χ1n) is 14.3. The molecule has 3 N–H and O–H groups in total. The standard InChI is InChI=1S/C29H41N3O5/c1-27-10-7-20(31-26(35)32-14-13-30-24(33)16-32)15-19(27)4-5-23-22(27)8-11-28(2)21(9-12-29(23,28)36)18-3-6-25(34)37-17-18/h3,6,17,19-23,36H,4-5,7-16H2,1-2H3,(H,30,33)(H,31,35)/t19-,20+,21-,22+,23-,27+,28-,29+/m1/s1. The summed E-state index contributed by atoms with van der Waals surface area (Å²) in [6.45, 7) is 5.93. The Labute approximate surface area is 218 Å². The van der Waals surface area contributed by atoms with Crippen LogP contribution in [-0.2, 0) is 4.79 Å². The molecular weight excluding hydrogens is 470 g/mol. The molecule has 0 unspecified atom stereocenters. The Hall–Kier alpha value is -2.35. The van der Waals surface area contributed by atoms with Crippen LogP contribution in [0.5, 0.6) is 0 Å². The largest absolute Gasteiger partial charge is 0.431 e. The van der Waals surface area contributed by atoms with Gasteiger partial charge in [-0.05, 0) is 98.5 Å². The van der Waals surface area contributed by atoms with Gasteiger partial charge in [0.25, 0.3) is 0 Å². The molecule has 6 rings (SSSR count). The van der Waals surface area contributed by atoms with Crippen LogP contribution >= 0.6 is 0 Å². The third-order valence-electron chi connectivity index (χ3n) is 11.6. The van der Waals surface area contributed by atoms with Crippen LogP contribution in [0.25, 0.3) is 0 Å². The van der Waals surface area contributed by atoms with Gasteiger partial charge in [-0.25, -0.2) is 9.59 Å². The van der Waals surface area contributed by atoms with Gasteiger partial charge in [-0.2, -0.15) is 0 Å². The van der Waals surface area contributed by atoms with Crippen LogP contribution in [0.4, 0.5) is 4.79 Å². The number of aliphatic hydroxyl groups is 1. The molecule has 4 aliphatic carbocycles. The average Bonchev–Trinajstić information content (AvgIpc) is 3.16. The maximum Gasteiger partial charge on any atom is 0.335 e. The Morgan fingerprint density at radius 2 is 1.92 bits per heavy atom. The topological polar surface area (TPSA) is 112 Å². The van der Waals surface area contributed by atoms with E-state index in [1.165, 1.54) is 6.07 Å². The van der Waals surface area contributed by atoms with Crippen molar-refractivity contribution in [3.8, 4) is 0 Å². The number of carbonyl (C=O) groups excluding carboxylic acids is 2. The minimum absolute atomic E-state index is 0.0934. The zero-order valence-electron chi connectivity index (χ0n) is 22.1. The van der Waals surface area contributed by atoms with Crippen LogP contribution in [0.1, 0.15) is 83.1 Å². The Morgan fingerprint density at radius 3 is 2.68 bits per heavy atom. The predicted octanol–water partition coefficient (Wildman–Crippen LogP) is 3.39. The molecule has 5 aliphatic rings. The maximum absolute atomic E-state index is 12.8. The summed E-state index contributed by atoms with van der Waals surface area (Å²) in [5.41, 5.74) is -0.0402. The van der Waals surface area contributed by atoms with E-state index < -0.39 is 5.60 Å². The van der Waals surface area contributed by atoms with Crippen LogP contribution in [0.2, 0.25) is 0 Å². The summed E-state index contributed by atoms with van der Waals surface area (Å²) in [5, 5.41) is 18.4. The summed E-state index contributed by atoms with van der Waals surface area (Å²) >= 11 is 0. The van der Waals surface area contributed by atoms with Gasteiger partial charge in [0.15, 0.2) is 0 Å². The zero-order chi connectivity index (χ0) is 26.0. The van der Waals surface area contributed by atoms with Crippen molar-refractivity contribution in [3.05, 3.63) is 34.4 Å². The van der Waals surface area contributed by atoms with Crippen molar-refractivity contribution in [2.24, 2.45) is 28.6 Å². The number of piperazine rings is 1. The molecule has 1 aromatic rings. The fourth-order valence-electron chi connectivity index (χ4n) is 9.54. The average molecular weight is 512 g/mol. The first-order valence-corrected chi connectivity index (χ1v) is 14.3. The molecule has 8 heteroatoms. The molecule has 3 amide bonds. The van der Waals surface area contributed by atoms with E-state index in [-0.39, 0.29) is 52.8 Å². The maximum atomic E-state index is 12.8. The highest BCUT2D eigenvalue weighted by Gasteiger charge is 2.67. The minimum atomic E-state index is -0.704. The Kier molecular flexibility index (Phi) is 5.97. The SMILES string of the molecule is C[C@]12CC[C@H](NC(=O)N3CCNC(=O)C3)C[C@H]1CC[C@@H]1[C@@H]2CC[C@]2(C)[C@@H](c3ccc(=O)oc3)CC[C@]12O. The van der Waals surface area contributed by atoms with Crippen molar-refractivity contribution >= 4 is 11.9 Å².